The van der Waals surface area contributed by atoms with Gasteiger partial charge in [-0.25, -0.2) is 5.34 Å². The summed E-state index contributed by atoms with van der Waals surface area (Å²) in [6.45, 7) is 9.07. The first kappa shape index (κ1) is 42.4. The van der Waals surface area contributed by atoms with Crippen molar-refractivity contribution in [3.63, 3.8) is 0 Å². The predicted molar refractivity (Wildman–Crippen MR) is 259 cm³/mol. The summed E-state index contributed by atoms with van der Waals surface area (Å²) < 4.78 is 81.1. The summed E-state index contributed by atoms with van der Waals surface area (Å²) in [7, 11) is -3.00. The second-order valence-corrected chi connectivity index (χ2v) is 23.3. The molecule has 0 bridgehead atoms. The van der Waals surface area contributed by atoms with E-state index >= 15 is 0 Å². The standard InChI is InChI=1S/C26H44O4.C26H42O4.2CH4.BH4.Na/c2*1-5-17-21-14-16(27)10-12-26(21,4)20-11-13-25(3)18(15(2)6-9-22(28)29)7-8-19(25)23(20)24(17)30;;;;/h15-21,23-24,27,30H,5-14H2,1-4H3,(H,28,29);15-21,23,27H,5-14H2,1-4H3,(H,28,29);3*1H4;/q;;;;-1;+1/t15-,16-,17-,18-,19?,20?,21+,23?,24-,25-,26-;15-,16-,17-,18-,19?,20?,21+,23?,25-,26-;;;;/m11..../s1/i1D3,24D;1D3;;;1D4;. The third-order valence-electron chi connectivity index (χ3n) is 21.0. The van der Waals surface area contributed by atoms with Crippen molar-refractivity contribution in [1.82, 2.24) is 0 Å². The van der Waals surface area contributed by atoms with E-state index in [4.69, 9.17) is 18.7 Å². The molecule has 6 unspecified atom stereocenters. The molecule has 8 aliphatic rings. The number of rotatable bonds is 10. The van der Waals surface area contributed by atoms with Crippen molar-refractivity contribution in [2.24, 2.45) is 105 Å². The van der Waals surface area contributed by atoms with E-state index in [0.717, 1.165) is 70.6 Å². The van der Waals surface area contributed by atoms with Gasteiger partial charge in [0.15, 0.2) is 0 Å². The maximum absolute atomic E-state index is 14.1. The fourth-order valence-electron chi connectivity index (χ4n) is 17.9. The second kappa shape index (κ2) is 22.1. The van der Waals surface area contributed by atoms with E-state index in [2.05, 4.69) is 41.5 Å². The van der Waals surface area contributed by atoms with Gasteiger partial charge in [0.25, 0.3) is 0 Å². The van der Waals surface area contributed by atoms with Crippen LogP contribution in [0.25, 0.3) is 0 Å². The minimum absolute atomic E-state index is 0. The van der Waals surface area contributed by atoms with Gasteiger partial charge in [0.1, 0.15) is 5.78 Å². The van der Waals surface area contributed by atoms with Crippen molar-refractivity contribution in [3.05, 3.63) is 0 Å². The average Bonchev–Trinajstić information content (AvgIpc) is 3.78. The number of carbonyl (C=O) groups is 3. The van der Waals surface area contributed by atoms with Crippen molar-refractivity contribution in [2.45, 2.75) is 217 Å². The SMILES string of the molecule is C.C.[2H]C([2H])([2H])C[C@@H]1[C@@H]2C[C@H](O)CC[C@]2(C)C2CC[C@@]3(C)C(CC[C@@H]3[C@H](C)CCC(=O)O)C2[C@]1([2H])O.[2H]C([2H])([2H])C[C@H]1C(=O)C2C3CC[C@H]([C@H](C)CCC(=O)O)[C@@]3(C)CCC2[C@@]2(C)CC[C@@H](O)C[C@@H]12.[2H][B-]([2H])([2H])[2H].[Na+]. The van der Waals surface area contributed by atoms with E-state index in [1.54, 1.807) is 0 Å². The topological polar surface area (TPSA) is 152 Å². The Labute approximate surface area is 430 Å². The van der Waals surface area contributed by atoms with Crippen molar-refractivity contribution < 1.29 is 79.1 Å². The van der Waals surface area contributed by atoms with E-state index in [0.29, 0.717) is 49.9 Å². The summed E-state index contributed by atoms with van der Waals surface area (Å²) in [5.74, 6) is -1.02. The molecule has 10 heteroatoms. The van der Waals surface area contributed by atoms with Crippen molar-refractivity contribution in [3.8, 4) is 0 Å². The molecule has 0 spiro atoms. The Hall–Kier alpha value is -0.445. The number of carbonyl (C=O) groups excluding carboxylic acids is 1. The molecule has 5 N–H and O–H groups in total. The third kappa shape index (κ3) is 9.83. The molecule has 0 aromatic rings. The zero-order chi connectivity index (χ0) is 54.1. The predicted octanol–water partition coefficient (Wildman–Crippen LogP) is 7.26. The van der Waals surface area contributed by atoms with Gasteiger partial charge in [0, 0.05) is 32.9 Å². The summed E-state index contributed by atoms with van der Waals surface area (Å²) in [6, 6.07) is 0. The maximum atomic E-state index is 14.1. The molecule has 8 aliphatic carbocycles. The summed E-state index contributed by atoms with van der Waals surface area (Å²) in [5.41, 5.74) is -0.337. The summed E-state index contributed by atoms with van der Waals surface area (Å²) in [4.78, 5) is 36.4. The minimum Gasteiger partial charge on any atom is -0.481 e. The van der Waals surface area contributed by atoms with Crippen molar-refractivity contribution >= 4 is 26.0 Å². The molecule has 8 saturated carbocycles. The Balaban J connectivity index is 0.000000350. The molecular weight excluding hydrogens is 810 g/mol. The zero-order valence-electron chi connectivity index (χ0n) is 50.4. The molecule has 64 heavy (non-hydrogen) atoms. The molecule has 8 rings (SSSR count). The van der Waals surface area contributed by atoms with Crippen LogP contribution < -0.4 is 29.6 Å². The first-order valence-electron chi connectivity index (χ1n) is 30.3. The Bertz CT molecular complexity index is 1940. The van der Waals surface area contributed by atoms with E-state index < -0.39 is 64.0 Å². The van der Waals surface area contributed by atoms with Gasteiger partial charge in [-0.3, -0.25) is 14.4 Å². The van der Waals surface area contributed by atoms with E-state index in [1.165, 1.54) is 0 Å². The number of hydrogen-bond acceptors (Lipinski definition) is 6. The molecule has 0 saturated heterocycles. The van der Waals surface area contributed by atoms with E-state index in [1.807, 2.05) is 0 Å². The first-order valence-corrected chi connectivity index (χ1v) is 24.4. The van der Waals surface area contributed by atoms with Crippen LogP contribution in [0.4, 0.5) is 0 Å². The van der Waals surface area contributed by atoms with Gasteiger partial charge in [-0.15, -0.1) is 0 Å². The number of carboxylic acids is 2. The average molecular weight is 920 g/mol. The molecule has 8 nitrogen and oxygen atoms in total. The summed E-state index contributed by atoms with van der Waals surface area (Å²) in [5, 5.41) is 51.2. The molecule has 366 valence electrons. The number of Topliss-reactive ketones (excluding diaryl/α,β-unsaturated/α-hetero) is 1. The van der Waals surface area contributed by atoms with Gasteiger partial charge in [-0.2, -0.15) is 0 Å². The number of fused-ring (bicyclic) bond motifs is 10. The zero-order valence-corrected chi connectivity index (χ0v) is 41.4. The fraction of sp³-hybridized carbons (Fsp3) is 0.944. The van der Waals surface area contributed by atoms with Crippen LogP contribution in [0.15, 0.2) is 0 Å². The van der Waals surface area contributed by atoms with Crippen LogP contribution in [0.2, 0.25) is 0 Å². The number of ketones is 1. The second-order valence-electron chi connectivity index (χ2n) is 23.3. The van der Waals surface area contributed by atoms with Crippen molar-refractivity contribution in [1.29, 1.82) is 5.34 Å². The van der Waals surface area contributed by atoms with E-state index in [9.17, 15) is 36.2 Å². The van der Waals surface area contributed by atoms with Crippen LogP contribution in [-0.2, 0) is 14.4 Å². The third-order valence-corrected chi connectivity index (χ3v) is 21.0. The molecule has 0 amide bonds. The minimum atomic E-state index is -3.00. The summed E-state index contributed by atoms with van der Waals surface area (Å²) >= 11 is 0. The molecule has 0 heterocycles. The summed E-state index contributed by atoms with van der Waals surface area (Å²) in [6.07, 6.45) is 10.6. The molecule has 0 aromatic heterocycles. The number of hydrogen-bond donors (Lipinski definition) is 5. The maximum Gasteiger partial charge on any atom is 1.00 e. The monoisotopic (exact) mass is 920 g/mol. The van der Waals surface area contributed by atoms with Crippen molar-refractivity contribution in [2.75, 3.05) is 0 Å². The van der Waals surface area contributed by atoms with E-state index in [-0.39, 0.29) is 151 Å². The Morgan fingerprint density at radius 3 is 1.61 bits per heavy atom. The smallest absolute Gasteiger partial charge is 0.481 e. The molecular formula is C54H98BNaO8. The van der Waals surface area contributed by atoms with Crippen LogP contribution in [0.3, 0.4) is 0 Å². The van der Waals surface area contributed by atoms with Crippen LogP contribution in [0.5, 0.6) is 0 Å². The normalized spacial score (nSPS) is 51.3. The first-order chi connectivity index (χ1) is 32.9. The number of aliphatic hydroxyl groups excluding tert-OH is 2. The Morgan fingerprint density at radius 2 is 1.09 bits per heavy atom. The molecule has 0 radical (unpaired) electrons. The largest absolute Gasteiger partial charge is 1.00 e. The van der Waals surface area contributed by atoms with Crippen LogP contribution in [-0.4, -0.2) is 75.2 Å². The molecule has 21 atom stereocenters. The Morgan fingerprint density at radius 1 is 0.672 bits per heavy atom. The number of aliphatic hydroxyl groups is 3. The Kier molecular flexibility index (Phi) is 14.7. The van der Waals surface area contributed by atoms with Gasteiger partial charge >= 0.3 is 41.5 Å². The molecule has 8 fully saturated rings. The molecule has 0 aromatic carbocycles. The molecule has 0 aliphatic heterocycles. The van der Waals surface area contributed by atoms with Gasteiger partial charge in [0.2, 0.25) is 0 Å². The van der Waals surface area contributed by atoms with Gasteiger partial charge in [-0.05, 0) is 202 Å². The van der Waals surface area contributed by atoms with Crippen LogP contribution in [0, 0.1) is 105 Å². The fourth-order valence-corrected chi connectivity index (χ4v) is 17.9. The van der Waals surface area contributed by atoms with Gasteiger partial charge in [0.05, 0.1) is 19.7 Å². The van der Waals surface area contributed by atoms with Crippen LogP contribution in [0.1, 0.15) is 208 Å². The van der Waals surface area contributed by atoms with Gasteiger partial charge in [-0.1, -0.05) is 84.8 Å². The number of aliphatic carboxylic acids is 2. The quantitative estimate of drug-likeness (QED) is 0.144. The van der Waals surface area contributed by atoms with Crippen LogP contribution >= 0.6 is 0 Å². The number of carboxylic acid groups (broad SMARTS) is 2. The van der Waals surface area contributed by atoms with Gasteiger partial charge < -0.3 is 25.5 Å².